The van der Waals surface area contributed by atoms with Gasteiger partial charge in [-0.2, -0.15) is 5.10 Å². The number of carbonyl (C=O) groups is 1. The van der Waals surface area contributed by atoms with Gasteiger partial charge in [0, 0.05) is 0 Å². The summed E-state index contributed by atoms with van der Waals surface area (Å²) in [5.41, 5.74) is 4.35. The maximum Gasteiger partial charge on any atom is 0.245 e. The van der Waals surface area contributed by atoms with Crippen LogP contribution in [0.1, 0.15) is 24.5 Å². The summed E-state index contributed by atoms with van der Waals surface area (Å²) in [5, 5.41) is 4.02. The first-order valence-corrected chi connectivity index (χ1v) is 10.2. The molecule has 0 bridgehead atoms. The van der Waals surface area contributed by atoms with Crippen LogP contribution < -0.4 is 14.9 Å². The van der Waals surface area contributed by atoms with Gasteiger partial charge in [-0.15, -0.1) is 0 Å². The molecule has 3 rings (SSSR count). The maximum absolute atomic E-state index is 12.0. The molecule has 1 aliphatic rings. The molecule has 8 heteroatoms. The van der Waals surface area contributed by atoms with Crippen molar-refractivity contribution < 1.29 is 23.7 Å². The van der Waals surface area contributed by atoms with E-state index in [1.54, 1.807) is 20.2 Å². The third-order valence-corrected chi connectivity index (χ3v) is 5.06. The molecule has 1 aliphatic heterocycles. The van der Waals surface area contributed by atoms with E-state index in [1.165, 1.54) is 0 Å². The Bertz CT molecular complexity index is 867. The SMILES string of the molecule is COc1cc(/C=N\NC(=O)CC2(C)OCCO2)cc(I)c1OCc1ccccc1. The third-order valence-electron chi connectivity index (χ3n) is 4.26. The molecule has 2 aromatic carbocycles. The highest BCUT2D eigenvalue weighted by atomic mass is 127. The molecule has 2 aromatic rings. The number of nitrogens with one attached hydrogen (secondary N) is 1. The highest BCUT2D eigenvalue weighted by Gasteiger charge is 2.33. The average Bonchev–Trinajstić information content (AvgIpc) is 3.13. The van der Waals surface area contributed by atoms with Crippen molar-refractivity contribution in [3.63, 3.8) is 0 Å². The van der Waals surface area contributed by atoms with Crippen molar-refractivity contribution >= 4 is 34.7 Å². The molecule has 1 heterocycles. The topological polar surface area (TPSA) is 78.4 Å². The Morgan fingerprint density at radius 2 is 2.00 bits per heavy atom. The maximum atomic E-state index is 12.0. The number of hydrazone groups is 1. The second kappa shape index (κ2) is 10.0. The van der Waals surface area contributed by atoms with Gasteiger partial charge in [0.05, 0.1) is 36.5 Å². The number of carbonyl (C=O) groups excluding carboxylic acids is 1. The van der Waals surface area contributed by atoms with Crippen LogP contribution in [0.25, 0.3) is 0 Å². The monoisotopic (exact) mass is 510 g/mol. The van der Waals surface area contributed by atoms with Crippen molar-refractivity contribution in [3.8, 4) is 11.5 Å². The number of hydrogen-bond donors (Lipinski definition) is 1. The van der Waals surface area contributed by atoms with Crippen LogP contribution in [0.2, 0.25) is 0 Å². The first-order chi connectivity index (χ1) is 14.0. The Morgan fingerprint density at radius 3 is 2.69 bits per heavy atom. The largest absolute Gasteiger partial charge is 0.493 e. The summed E-state index contributed by atoms with van der Waals surface area (Å²) < 4.78 is 23.2. The molecule has 0 saturated carbocycles. The molecule has 1 saturated heterocycles. The summed E-state index contributed by atoms with van der Waals surface area (Å²) in [4.78, 5) is 12.0. The van der Waals surface area contributed by atoms with Gasteiger partial charge in [-0.3, -0.25) is 4.79 Å². The average molecular weight is 510 g/mol. The number of rotatable bonds is 8. The molecule has 29 heavy (non-hydrogen) atoms. The molecule has 0 atom stereocenters. The quantitative estimate of drug-likeness (QED) is 0.335. The minimum absolute atomic E-state index is 0.0808. The Balaban J connectivity index is 1.61. The zero-order valence-electron chi connectivity index (χ0n) is 16.3. The number of benzene rings is 2. The van der Waals surface area contributed by atoms with Gasteiger partial charge < -0.3 is 18.9 Å². The predicted octanol–water partition coefficient (Wildman–Crippen LogP) is 3.48. The van der Waals surface area contributed by atoms with Crippen molar-refractivity contribution in [1.29, 1.82) is 0 Å². The van der Waals surface area contributed by atoms with E-state index in [9.17, 15) is 4.79 Å². The van der Waals surface area contributed by atoms with Gasteiger partial charge in [0.25, 0.3) is 0 Å². The van der Waals surface area contributed by atoms with Crippen molar-refractivity contribution in [2.75, 3.05) is 20.3 Å². The van der Waals surface area contributed by atoms with Crippen molar-refractivity contribution in [2.45, 2.75) is 25.7 Å². The molecular formula is C21H23IN2O5. The minimum Gasteiger partial charge on any atom is -0.493 e. The van der Waals surface area contributed by atoms with Gasteiger partial charge in [0.15, 0.2) is 17.3 Å². The molecule has 154 valence electrons. The number of nitrogens with zero attached hydrogens (tertiary/aromatic N) is 1. The zero-order chi connectivity index (χ0) is 20.7. The standard InChI is InChI=1S/C21H23IN2O5/c1-21(28-8-9-29-21)12-19(25)24-23-13-16-10-17(22)20(18(11-16)26-2)27-14-15-6-4-3-5-7-15/h3-7,10-11,13H,8-9,12,14H2,1-2H3,(H,24,25)/b23-13-. The zero-order valence-corrected chi connectivity index (χ0v) is 18.5. The van der Waals surface area contributed by atoms with Gasteiger partial charge in [-0.05, 0) is 52.8 Å². The molecule has 1 amide bonds. The van der Waals surface area contributed by atoms with Crippen LogP contribution in [0.15, 0.2) is 47.6 Å². The second-order valence-corrected chi connectivity index (χ2v) is 7.77. The number of hydrogen-bond acceptors (Lipinski definition) is 6. The number of halogens is 1. The fraction of sp³-hybridized carbons (Fsp3) is 0.333. The van der Waals surface area contributed by atoms with Crippen molar-refractivity contribution in [3.05, 3.63) is 57.2 Å². The highest BCUT2D eigenvalue weighted by Crippen LogP contribution is 2.34. The van der Waals surface area contributed by atoms with Gasteiger partial charge in [0.2, 0.25) is 5.91 Å². The van der Waals surface area contributed by atoms with Crippen LogP contribution in [-0.2, 0) is 20.9 Å². The molecule has 0 spiro atoms. The third kappa shape index (κ3) is 6.15. The molecule has 1 fully saturated rings. The Kier molecular flexibility index (Phi) is 7.45. The summed E-state index contributed by atoms with van der Waals surface area (Å²) in [6.07, 6.45) is 1.64. The number of amides is 1. The predicted molar refractivity (Wildman–Crippen MR) is 117 cm³/mol. The van der Waals surface area contributed by atoms with Gasteiger partial charge in [-0.25, -0.2) is 5.43 Å². The van der Waals surface area contributed by atoms with Crippen LogP contribution in [-0.4, -0.2) is 38.2 Å². The van der Waals surface area contributed by atoms with E-state index < -0.39 is 5.79 Å². The Hall–Kier alpha value is -2.17. The van der Waals surface area contributed by atoms with Crippen molar-refractivity contribution in [2.24, 2.45) is 5.10 Å². The fourth-order valence-corrected chi connectivity index (χ4v) is 3.63. The highest BCUT2D eigenvalue weighted by molar-refractivity contribution is 14.1. The van der Waals surface area contributed by atoms with Gasteiger partial charge in [-0.1, -0.05) is 30.3 Å². The molecule has 0 aromatic heterocycles. The summed E-state index contributed by atoms with van der Waals surface area (Å²) in [7, 11) is 1.59. The number of methoxy groups -OCH3 is 1. The van der Waals surface area contributed by atoms with Gasteiger partial charge >= 0.3 is 0 Å². The van der Waals surface area contributed by atoms with Crippen LogP contribution in [0.4, 0.5) is 0 Å². The molecule has 0 radical (unpaired) electrons. The second-order valence-electron chi connectivity index (χ2n) is 6.61. The van der Waals surface area contributed by atoms with E-state index in [4.69, 9.17) is 18.9 Å². The van der Waals surface area contributed by atoms with E-state index in [-0.39, 0.29) is 12.3 Å². The van der Waals surface area contributed by atoms with Gasteiger partial charge in [0.1, 0.15) is 6.61 Å². The lowest BCUT2D eigenvalue weighted by molar-refractivity contribution is -0.159. The normalized spacial score (nSPS) is 15.4. The summed E-state index contributed by atoms with van der Waals surface area (Å²) in [6, 6.07) is 13.6. The van der Waals surface area contributed by atoms with E-state index >= 15 is 0 Å². The first kappa shape index (κ1) is 21.5. The van der Waals surface area contributed by atoms with Crippen molar-refractivity contribution in [1.82, 2.24) is 5.43 Å². The van der Waals surface area contributed by atoms with Crippen LogP contribution >= 0.6 is 22.6 Å². The van der Waals surface area contributed by atoms with E-state index in [0.717, 1.165) is 14.7 Å². The molecule has 7 nitrogen and oxygen atoms in total. The lowest BCUT2D eigenvalue weighted by Gasteiger charge is -2.20. The van der Waals surface area contributed by atoms with Crippen LogP contribution in [0.3, 0.4) is 0 Å². The van der Waals surface area contributed by atoms with Crippen LogP contribution in [0, 0.1) is 3.57 Å². The molecular weight excluding hydrogens is 487 g/mol. The van der Waals surface area contributed by atoms with Crippen LogP contribution in [0.5, 0.6) is 11.5 Å². The summed E-state index contributed by atoms with van der Waals surface area (Å²) in [6.45, 7) is 3.16. The summed E-state index contributed by atoms with van der Waals surface area (Å²) >= 11 is 2.19. The van der Waals surface area contributed by atoms with E-state index in [2.05, 4.69) is 33.1 Å². The lowest BCUT2D eigenvalue weighted by Crippen LogP contribution is -2.33. The first-order valence-electron chi connectivity index (χ1n) is 9.13. The minimum atomic E-state index is -0.879. The van der Waals surface area contributed by atoms with E-state index in [0.29, 0.717) is 31.3 Å². The smallest absolute Gasteiger partial charge is 0.245 e. The number of ether oxygens (including phenoxy) is 4. The molecule has 1 N–H and O–H groups in total. The molecule has 0 aliphatic carbocycles. The summed E-state index contributed by atoms with van der Waals surface area (Å²) in [5.74, 6) is 0.105. The Morgan fingerprint density at radius 1 is 1.28 bits per heavy atom. The lowest BCUT2D eigenvalue weighted by atomic mass is 10.2. The van der Waals surface area contributed by atoms with E-state index in [1.807, 2.05) is 42.5 Å². The Labute approximate surface area is 183 Å². The molecule has 0 unspecified atom stereocenters. The fourth-order valence-electron chi connectivity index (χ4n) is 2.85.